The largest absolute Gasteiger partial charge is 0.373 e. The Balaban J connectivity index is 1.24. The van der Waals surface area contributed by atoms with Crippen LogP contribution in [-0.4, -0.2) is 51.6 Å². The highest BCUT2D eigenvalue weighted by Gasteiger charge is 2.22. The predicted octanol–water partition coefficient (Wildman–Crippen LogP) is 3.45. The maximum atomic E-state index is 12.7. The average Bonchev–Trinajstić information content (AvgIpc) is 3.35. The number of aromatic nitrogens is 2. The highest BCUT2D eigenvalue weighted by atomic mass is 16.5. The van der Waals surface area contributed by atoms with Crippen molar-refractivity contribution in [3.05, 3.63) is 83.9 Å². The zero-order valence-corrected chi connectivity index (χ0v) is 20.3. The van der Waals surface area contributed by atoms with Gasteiger partial charge >= 0.3 is 0 Å². The van der Waals surface area contributed by atoms with Crippen molar-refractivity contribution in [2.45, 2.75) is 52.1 Å². The number of imidazole rings is 1. The maximum Gasteiger partial charge on any atom is 0.251 e. The molecule has 184 valence electrons. The first-order valence-corrected chi connectivity index (χ1v) is 12.0. The van der Waals surface area contributed by atoms with Gasteiger partial charge in [-0.1, -0.05) is 30.3 Å². The number of nitrogens with zero attached hydrogens (tertiary/aromatic N) is 3. The van der Waals surface area contributed by atoms with E-state index in [1.54, 1.807) is 36.8 Å². The molecule has 2 aromatic carbocycles. The molecule has 2 N–H and O–H groups in total. The van der Waals surface area contributed by atoms with Crippen molar-refractivity contribution in [3.8, 4) is 0 Å². The summed E-state index contributed by atoms with van der Waals surface area (Å²) in [7, 11) is 0. The summed E-state index contributed by atoms with van der Waals surface area (Å²) < 4.78 is 7.66. The molecule has 4 rings (SSSR count). The second kappa shape index (κ2) is 11.8. The van der Waals surface area contributed by atoms with Crippen LogP contribution in [0.25, 0.3) is 0 Å². The fourth-order valence-electron chi connectivity index (χ4n) is 4.33. The Morgan fingerprint density at radius 3 is 2.51 bits per heavy atom. The summed E-state index contributed by atoms with van der Waals surface area (Å²) in [6.07, 6.45) is 6.00. The van der Waals surface area contributed by atoms with Gasteiger partial charge < -0.3 is 19.9 Å². The van der Waals surface area contributed by atoms with E-state index >= 15 is 0 Å². The lowest BCUT2D eigenvalue weighted by Crippen LogP contribution is -2.44. The first-order chi connectivity index (χ1) is 16.9. The van der Waals surface area contributed by atoms with E-state index in [0.717, 1.165) is 25.2 Å². The summed E-state index contributed by atoms with van der Waals surface area (Å²) in [5.74, 6) is -0.294. The molecular weight excluding hydrogens is 442 g/mol. The minimum atomic E-state index is -0.181. The highest BCUT2D eigenvalue weighted by Crippen LogP contribution is 2.15. The summed E-state index contributed by atoms with van der Waals surface area (Å²) in [6, 6.07) is 15.3. The van der Waals surface area contributed by atoms with Gasteiger partial charge in [0.25, 0.3) is 5.91 Å². The fourth-order valence-corrected chi connectivity index (χ4v) is 4.33. The maximum absolute atomic E-state index is 12.7. The number of aryl methyl sites for hydroxylation is 1. The molecule has 2 heterocycles. The van der Waals surface area contributed by atoms with Crippen LogP contribution in [-0.2, 0) is 29.2 Å². The molecule has 2 amide bonds. The molecule has 1 aliphatic rings. The lowest BCUT2D eigenvalue weighted by molar-refractivity contribution is -0.116. The van der Waals surface area contributed by atoms with Gasteiger partial charge in [-0.3, -0.25) is 14.5 Å². The van der Waals surface area contributed by atoms with Crippen LogP contribution >= 0.6 is 0 Å². The molecule has 1 aliphatic heterocycles. The average molecular weight is 476 g/mol. The van der Waals surface area contributed by atoms with Crippen molar-refractivity contribution in [1.29, 1.82) is 0 Å². The smallest absolute Gasteiger partial charge is 0.251 e. The second-order valence-electron chi connectivity index (χ2n) is 9.13. The number of rotatable bonds is 9. The van der Waals surface area contributed by atoms with Crippen LogP contribution in [0.5, 0.6) is 0 Å². The monoisotopic (exact) mass is 475 g/mol. The zero-order valence-electron chi connectivity index (χ0n) is 20.3. The Morgan fingerprint density at radius 2 is 1.80 bits per heavy atom. The highest BCUT2D eigenvalue weighted by molar-refractivity contribution is 5.97. The van der Waals surface area contributed by atoms with Crippen molar-refractivity contribution >= 4 is 17.5 Å². The van der Waals surface area contributed by atoms with Gasteiger partial charge in [0.05, 0.1) is 18.5 Å². The number of nitrogens with one attached hydrogen (secondary N) is 2. The zero-order chi connectivity index (χ0) is 24.6. The summed E-state index contributed by atoms with van der Waals surface area (Å²) in [4.78, 5) is 31.3. The van der Waals surface area contributed by atoms with Crippen LogP contribution in [0.15, 0.2) is 67.3 Å². The van der Waals surface area contributed by atoms with Crippen molar-refractivity contribution in [1.82, 2.24) is 19.8 Å². The lowest BCUT2D eigenvalue weighted by atomic mass is 10.1. The third-order valence-electron chi connectivity index (χ3n) is 5.94. The molecule has 0 aliphatic carbocycles. The number of carbonyl (C=O) groups is 2. The molecule has 1 fully saturated rings. The Kier molecular flexibility index (Phi) is 8.28. The molecular formula is C27H33N5O3. The summed E-state index contributed by atoms with van der Waals surface area (Å²) in [5.41, 5.74) is 3.39. The topological polar surface area (TPSA) is 88.5 Å². The Hall–Kier alpha value is -3.49. The van der Waals surface area contributed by atoms with E-state index in [1.165, 1.54) is 5.56 Å². The summed E-state index contributed by atoms with van der Waals surface area (Å²) >= 11 is 0. The number of amides is 2. The Bertz CT molecular complexity index is 1100. The van der Waals surface area contributed by atoms with Crippen LogP contribution in [0.4, 0.5) is 5.69 Å². The van der Waals surface area contributed by atoms with Gasteiger partial charge in [-0.15, -0.1) is 0 Å². The molecule has 0 saturated carbocycles. The van der Waals surface area contributed by atoms with Crippen molar-refractivity contribution in [2.75, 3.05) is 18.4 Å². The number of ether oxygens (including phenoxy) is 1. The molecule has 1 saturated heterocycles. The number of hydrogen-bond donors (Lipinski definition) is 2. The number of morpholine rings is 1. The quantitative estimate of drug-likeness (QED) is 0.495. The van der Waals surface area contributed by atoms with E-state index in [4.69, 9.17) is 4.74 Å². The molecule has 0 spiro atoms. The van der Waals surface area contributed by atoms with E-state index in [1.807, 2.05) is 10.8 Å². The van der Waals surface area contributed by atoms with E-state index in [9.17, 15) is 9.59 Å². The first-order valence-electron chi connectivity index (χ1n) is 12.0. The summed E-state index contributed by atoms with van der Waals surface area (Å²) in [6.45, 7) is 7.98. The fraction of sp³-hybridized carbons (Fsp3) is 0.370. The lowest BCUT2D eigenvalue weighted by Gasteiger charge is -2.35. The number of anilines is 1. The third-order valence-corrected chi connectivity index (χ3v) is 5.94. The molecule has 2 atom stereocenters. The van der Waals surface area contributed by atoms with Gasteiger partial charge in [0.2, 0.25) is 5.91 Å². The van der Waals surface area contributed by atoms with Gasteiger partial charge in [0.15, 0.2) is 0 Å². The van der Waals surface area contributed by atoms with Crippen molar-refractivity contribution in [2.24, 2.45) is 0 Å². The summed E-state index contributed by atoms with van der Waals surface area (Å²) in [5, 5.41) is 5.82. The second-order valence-corrected chi connectivity index (χ2v) is 9.13. The molecule has 35 heavy (non-hydrogen) atoms. The third kappa shape index (κ3) is 7.50. The number of hydrogen-bond acceptors (Lipinski definition) is 5. The molecule has 8 nitrogen and oxygen atoms in total. The van der Waals surface area contributed by atoms with Gasteiger partial charge in [-0.05, 0) is 43.2 Å². The minimum Gasteiger partial charge on any atom is -0.373 e. The molecule has 8 heteroatoms. The van der Waals surface area contributed by atoms with E-state index in [-0.39, 0.29) is 24.0 Å². The van der Waals surface area contributed by atoms with Gasteiger partial charge in [0.1, 0.15) is 0 Å². The van der Waals surface area contributed by atoms with Crippen LogP contribution in [0, 0.1) is 0 Å². The van der Waals surface area contributed by atoms with E-state index < -0.39 is 0 Å². The van der Waals surface area contributed by atoms with Gasteiger partial charge in [-0.25, -0.2) is 4.98 Å². The van der Waals surface area contributed by atoms with Crippen LogP contribution < -0.4 is 10.6 Å². The molecule has 2 unspecified atom stereocenters. The van der Waals surface area contributed by atoms with Crippen LogP contribution in [0.2, 0.25) is 0 Å². The Morgan fingerprint density at radius 1 is 1.06 bits per heavy atom. The van der Waals surface area contributed by atoms with Crippen molar-refractivity contribution in [3.63, 3.8) is 0 Å². The Labute approximate surface area is 206 Å². The minimum absolute atomic E-state index is 0.114. The SMILES string of the molecule is CC1CN(Cc2ccc(CNC(=O)c3cccc(NC(=O)CCn4ccnc4)c3)cc2)CC(C)O1. The molecule has 1 aromatic heterocycles. The molecule has 3 aromatic rings. The molecule has 0 radical (unpaired) electrons. The van der Waals surface area contributed by atoms with E-state index in [2.05, 4.69) is 58.6 Å². The standard InChI is InChI=1S/C27H33N5O3/c1-20-16-32(17-21(2)35-20)18-23-8-6-22(7-9-23)15-29-27(34)24-4-3-5-25(14-24)30-26(33)10-12-31-13-11-28-19-31/h3-9,11,13-14,19-21H,10,12,15-18H2,1-2H3,(H,29,34)(H,30,33). The van der Waals surface area contributed by atoms with Crippen molar-refractivity contribution < 1.29 is 14.3 Å². The number of carbonyl (C=O) groups excluding carboxylic acids is 2. The first kappa shape index (κ1) is 24.6. The van der Waals surface area contributed by atoms with Crippen LogP contribution in [0.1, 0.15) is 41.8 Å². The van der Waals surface area contributed by atoms with Gasteiger partial charge in [-0.2, -0.15) is 0 Å². The molecule has 0 bridgehead atoms. The predicted molar refractivity (Wildman–Crippen MR) is 135 cm³/mol. The van der Waals surface area contributed by atoms with E-state index in [0.29, 0.717) is 30.8 Å². The van der Waals surface area contributed by atoms with Gasteiger partial charge in [0, 0.05) is 62.8 Å². The normalized spacial score (nSPS) is 18.2. The van der Waals surface area contributed by atoms with Crippen LogP contribution in [0.3, 0.4) is 0 Å². The number of benzene rings is 2.